The van der Waals surface area contributed by atoms with Crippen molar-refractivity contribution in [1.82, 2.24) is 19.7 Å². The second kappa shape index (κ2) is 8.51. The first-order valence-corrected chi connectivity index (χ1v) is 8.98. The fourth-order valence-electron chi connectivity index (χ4n) is 2.92. The fraction of sp³-hybridized carbons (Fsp3) is 0.300. The summed E-state index contributed by atoms with van der Waals surface area (Å²) in [5.74, 6) is -1.31. The van der Waals surface area contributed by atoms with E-state index in [4.69, 9.17) is 5.26 Å². The van der Waals surface area contributed by atoms with E-state index in [2.05, 4.69) is 20.4 Å². The van der Waals surface area contributed by atoms with E-state index in [1.807, 2.05) is 19.1 Å². The Balaban J connectivity index is 1.85. The zero-order valence-electron chi connectivity index (χ0n) is 16.3. The summed E-state index contributed by atoms with van der Waals surface area (Å²) in [5, 5.41) is 26.0. The summed E-state index contributed by atoms with van der Waals surface area (Å²) in [7, 11) is 0. The molecule has 1 unspecified atom stereocenters. The van der Waals surface area contributed by atoms with Crippen molar-refractivity contribution in [3.8, 4) is 17.2 Å². The number of alkyl halides is 2. The molecule has 0 radical (unpaired) electrons. The summed E-state index contributed by atoms with van der Waals surface area (Å²) in [6.45, 7) is 3.56. The average Bonchev–Trinajstić information content (AvgIpc) is 3.10. The van der Waals surface area contributed by atoms with Gasteiger partial charge in [0, 0.05) is 17.4 Å². The second-order valence-electron chi connectivity index (χ2n) is 7.20. The summed E-state index contributed by atoms with van der Waals surface area (Å²) in [6.07, 6.45) is 0.965. The van der Waals surface area contributed by atoms with Crippen molar-refractivity contribution >= 4 is 11.6 Å². The molecular formula is C20H19F3N6O. The third-order valence-electron chi connectivity index (χ3n) is 4.24. The van der Waals surface area contributed by atoms with Gasteiger partial charge in [0.25, 0.3) is 6.43 Å². The number of aromatic nitrogens is 4. The molecule has 10 heteroatoms. The Morgan fingerprint density at radius 2 is 2.03 bits per heavy atom. The first-order chi connectivity index (χ1) is 14.2. The summed E-state index contributed by atoms with van der Waals surface area (Å²) in [5.41, 5.74) is 0.755. The molecule has 30 heavy (non-hydrogen) atoms. The van der Waals surface area contributed by atoms with Gasteiger partial charge in [-0.15, -0.1) is 0 Å². The van der Waals surface area contributed by atoms with Gasteiger partial charge in [0.15, 0.2) is 5.82 Å². The summed E-state index contributed by atoms with van der Waals surface area (Å²) >= 11 is 0. The monoisotopic (exact) mass is 416 g/mol. The third-order valence-corrected chi connectivity index (χ3v) is 4.24. The molecule has 0 aliphatic carbocycles. The minimum Gasteiger partial charge on any atom is -0.387 e. The van der Waals surface area contributed by atoms with Crippen LogP contribution in [0.3, 0.4) is 0 Å². The highest BCUT2D eigenvalue weighted by molar-refractivity contribution is 5.70. The lowest BCUT2D eigenvalue weighted by atomic mass is 10.0. The van der Waals surface area contributed by atoms with Crippen LogP contribution in [-0.4, -0.2) is 30.5 Å². The minimum absolute atomic E-state index is 0.0288. The molecule has 0 saturated carbocycles. The molecule has 3 aromatic rings. The van der Waals surface area contributed by atoms with E-state index in [1.54, 1.807) is 36.1 Å². The average molecular weight is 416 g/mol. The van der Waals surface area contributed by atoms with Gasteiger partial charge in [-0.25, -0.2) is 23.1 Å². The third kappa shape index (κ3) is 5.12. The van der Waals surface area contributed by atoms with Crippen LogP contribution < -0.4 is 5.32 Å². The number of aliphatic hydroxyl groups is 1. The molecule has 0 spiro atoms. The van der Waals surface area contributed by atoms with E-state index in [1.165, 1.54) is 0 Å². The number of benzene rings is 1. The molecular weight excluding hydrogens is 397 g/mol. The zero-order valence-corrected chi connectivity index (χ0v) is 16.3. The zero-order chi connectivity index (χ0) is 21.9. The van der Waals surface area contributed by atoms with Crippen LogP contribution >= 0.6 is 0 Å². The number of anilines is 2. The van der Waals surface area contributed by atoms with Gasteiger partial charge < -0.3 is 10.4 Å². The van der Waals surface area contributed by atoms with E-state index in [-0.39, 0.29) is 18.9 Å². The van der Waals surface area contributed by atoms with Crippen LogP contribution in [0.25, 0.3) is 11.1 Å². The Morgan fingerprint density at radius 3 is 2.73 bits per heavy atom. The van der Waals surface area contributed by atoms with E-state index in [0.717, 1.165) is 16.7 Å². The maximum absolute atomic E-state index is 13.4. The largest absolute Gasteiger partial charge is 0.387 e. The summed E-state index contributed by atoms with van der Waals surface area (Å²) < 4.78 is 40.7. The predicted octanol–water partition coefficient (Wildman–Crippen LogP) is 4.13. The number of rotatable bonds is 7. The Labute approximate surface area is 170 Å². The molecule has 0 fully saturated rings. The molecule has 7 nitrogen and oxygen atoms in total. The molecule has 156 valence electrons. The maximum Gasteiger partial charge on any atom is 0.283 e. The first kappa shape index (κ1) is 21.3. The molecule has 3 rings (SSSR count). The lowest BCUT2D eigenvalue weighted by Gasteiger charge is -2.19. The fourth-order valence-corrected chi connectivity index (χ4v) is 2.92. The Kier molecular flexibility index (Phi) is 6.03. The molecule has 0 saturated heterocycles. The maximum atomic E-state index is 13.4. The van der Waals surface area contributed by atoms with Gasteiger partial charge in [0.2, 0.25) is 5.95 Å². The Hall–Kier alpha value is -3.45. The highest BCUT2D eigenvalue weighted by Gasteiger charge is 2.21. The highest BCUT2D eigenvalue weighted by atomic mass is 19.3. The number of hydrogen-bond acceptors (Lipinski definition) is 6. The molecule has 0 bridgehead atoms. The van der Waals surface area contributed by atoms with Crippen molar-refractivity contribution < 1.29 is 18.3 Å². The second-order valence-corrected chi connectivity index (χ2v) is 7.20. The van der Waals surface area contributed by atoms with Crippen LogP contribution in [-0.2, 0) is 6.54 Å². The Morgan fingerprint density at radius 1 is 1.27 bits per heavy atom. The van der Waals surface area contributed by atoms with Gasteiger partial charge in [0.1, 0.15) is 5.69 Å². The van der Waals surface area contributed by atoms with Crippen LogP contribution in [0.5, 0.6) is 0 Å². The quantitative estimate of drug-likeness (QED) is 0.601. The molecule has 0 amide bonds. The van der Waals surface area contributed by atoms with Crippen molar-refractivity contribution in [3.63, 3.8) is 0 Å². The number of halogens is 3. The predicted molar refractivity (Wildman–Crippen MR) is 103 cm³/mol. The molecule has 2 aromatic heterocycles. The summed E-state index contributed by atoms with van der Waals surface area (Å²) in [4.78, 5) is 7.25. The van der Waals surface area contributed by atoms with Crippen LogP contribution in [0.2, 0.25) is 0 Å². The van der Waals surface area contributed by atoms with E-state index >= 15 is 0 Å². The van der Waals surface area contributed by atoms with E-state index < -0.39 is 23.5 Å². The van der Waals surface area contributed by atoms with Crippen molar-refractivity contribution in [2.75, 3.05) is 5.32 Å². The number of aryl methyl sites for hydroxylation is 1. The highest BCUT2D eigenvalue weighted by Crippen LogP contribution is 2.27. The number of nitriles is 1. The van der Waals surface area contributed by atoms with Crippen molar-refractivity contribution in [3.05, 3.63) is 53.9 Å². The standard InChI is InChI=1S/C20H19F3N6O/c1-12-5-13(14-8-26-29(10-14)11-20(2,30)3-4-24)7-15(6-12)27-19-25-9-16(21)17(28-19)18(22)23/h5-10,18,30H,3,11H2,1-2H3,(H,25,27,28). The smallest absolute Gasteiger partial charge is 0.283 e. The molecule has 0 aliphatic heterocycles. The lowest BCUT2D eigenvalue weighted by molar-refractivity contribution is 0.0430. The van der Waals surface area contributed by atoms with Crippen molar-refractivity contribution in [2.45, 2.75) is 38.8 Å². The normalized spacial score (nSPS) is 13.1. The number of nitrogens with one attached hydrogen (secondary N) is 1. The van der Waals surface area contributed by atoms with Crippen molar-refractivity contribution in [2.24, 2.45) is 0 Å². The lowest BCUT2D eigenvalue weighted by Crippen LogP contribution is -2.30. The molecule has 2 heterocycles. The van der Waals surface area contributed by atoms with Crippen LogP contribution in [0.15, 0.2) is 36.8 Å². The first-order valence-electron chi connectivity index (χ1n) is 8.98. The molecule has 2 N–H and O–H groups in total. The van der Waals surface area contributed by atoms with Crippen LogP contribution in [0.1, 0.15) is 31.0 Å². The van der Waals surface area contributed by atoms with Gasteiger partial charge >= 0.3 is 0 Å². The SMILES string of the molecule is Cc1cc(Nc2ncc(F)c(C(F)F)n2)cc(-c2cnn(CC(C)(O)CC#N)c2)c1. The molecule has 1 aromatic carbocycles. The van der Waals surface area contributed by atoms with E-state index in [9.17, 15) is 18.3 Å². The van der Waals surface area contributed by atoms with Gasteiger partial charge in [0.05, 0.1) is 37.0 Å². The van der Waals surface area contributed by atoms with E-state index in [0.29, 0.717) is 11.9 Å². The minimum atomic E-state index is -3.05. The molecule has 1 atom stereocenters. The topological polar surface area (TPSA) is 99.7 Å². The molecule has 0 aliphatic rings. The van der Waals surface area contributed by atoms with Gasteiger partial charge in [-0.2, -0.15) is 10.4 Å². The van der Waals surface area contributed by atoms with Crippen LogP contribution in [0, 0.1) is 24.1 Å². The Bertz CT molecular complexity index is 1090. The summed E-state index contributed by atoms with van der Waals surface area (Å²) in [6, 6.07) is 7.35. The number of nitrogens with zero attached hydrogens (tertiary/aromatic N) is 5. The number of hydrogen-bond donors (Lipinski definition) is 2. The van der Waals surface area contributed by atoms with Gasteiger partial charge in [-0.3, -0.25) is 4.68 Å². The van der Waals surface area contributed by atoms with Crippen molar-refractivity contribution in [1.29, 1.82) is 5.26 Å². The van der Waals surface area contributed by atoms with Gasteiger partial charge in [-0.1, -0.05) is 6.07 Å². The van der Waals surface area contributed by atoms with Crippen LogP contribution in [0.4, 0.5) is 24.8 Å². The van der Waals surface area contributed by atoms with Gasteiger partial charge in [-0.05, 0) is 37.1 Å².